The molecule has 0 aliphatic rings. The van der Waals surface area contributed by atoms with Crippen molar-refractivity contribution in [2.75, 3.05) is 0 Å². The Balaban J connectivity index is 2.01. The average Bonchev–Trinajstić information content (AvgIpc) is 2.55. The van der Waals surface area contributed by atoms with Crippen LogP contribution in [0.2, 0.25) is 0 Å². The van der Waals surface area contributed by atoms with E-state index in [0.29, 0.717) is 26.0 Å². The third-order valence-electron chi connectivity index (χ3n) is 3.43. The summed E-state index contributed by atoms with van der Waals surface area (Å²) in [5.41, 5.74) is 1.47. The monoisotopic (exact) mass is 289 g/mol. The number of rotatable bonds is 1. The Labute approximate surface area is 125 Å². The van der Waals surface area contributed by atoms with Gasteiger partial charge in [-0.3, -0.25) is 0 Å². The van der Waals surface area contributed by atoms with Gasteiger partial charge in [0.15, 0.2) is 6.20 Å². The van der Waals surface area contributed by atoms with Crippen LogP contribution in [-0.2, 0) is 0 Å². The minimum absolute atomic E-state index is 0.0500. The molecule has 105 valence electrons. The molecule has 0 bridgehead atoms. The quantitative estimate of drug-likeness (QED) is 0.393. The van der Waals surface area contributed by atoms with Gasteiger partial charge in [0.2, 0.25) is 11.2 Å². The number of nitrogens with zero attached hydrogens (tertiary/aromatic N) is 4. The molecule has 0 saturated heterocycles. The number of hydrogen-bond acceptors (Lipinski definition) is 4. The molecule has 4 rings (SSSR count). The van der Waals surface area contributed by atoms with Gasteiger partial charge in [0.05, 0.1) is 5.39 Å². The second-order valence-corrected chi connectivity index (χ2v) is 4.79. The first-order chi connectivity index (χ1) is 10.7. The van der Waals surface area contributed by atoms with Crippen molar-refractivity contribution in [3.05, 3.63) is 71.3 Å². The minimum atomic E-state index is 0.0500. The molecule has 6 heteroatoms. The van der Waals surface area contributed by atoms with Crippen LogP contribution in [0.4, 0.5) is 0 Å². The van der Waals surface area contributed by atoms with Gasteiger partial charge in [-0.05, 0) is 23.2 Å². The highest BCUT2D eigenvalue weighted by molar-refractivity contribution is 5.76. The molecule has 1 radical (unpaired) electrons. The summed E-state index contributed by atoms with van der Waals surface area (Å²) < 4.78 is 1.25. The fraction of sp³-hybridized carbons (Fsp3) is 0. The van der Waals surface area contributed by atoms with Crippen LogP contribution in [0.25, 0.3) is 33.5 Å². The lowest BCUT2D eigenvalue weighted by Gasteiger charge is -2.08. The molecular weight excluding hydrogens is 280 g/mol. The van der Waals surface area contributed by atoms with Crippen molar-refractivity contribution in [2.24, 2.45) is 0 Å². The fourth-order valence-electron chi connectivity index (χ4n) is 2.37. The molecule has 0 spiro atoms. The number of hydrogen-bond donors (Lipinski definition) is 0. The largest absolute Gasteiger partial charge is 0.710 e. The summed E-state index contributed by atoms with van der Waals surface area (Å²) in [6.07, 6.45) is 4.12. The maximum atomic E-state index is 12.5. The summed E-state index contributed by atoms with van der Waals surface area (Å²) in [4.78, 5) is 8.44. The first-order valence-electron chi connectivity index (χ1n) is 6.63. The lowest BCUT2D eigenvalue weighted by molar-refractivity contribution is -0.584. The maximum absolute atomic E-state index is 12.5. The number of benzene rings is 2. The van der Waals surface area contributed by atoms with E-state index in [4.69, 9.17) is 0 Å². The molecule has 4 aromatic rings. The van der Waals surface area contributed by atoms with Gasteiger partial charge in [-0.25, -0.2) is 9.71 Å². The average molecular weight is 289 g/mol. The zero-order valence-electron chi connectivity index (χ0n) is 11.3. The van der Waals surface area contributed by atoms with Gasteiger partial charge in [0.1, 0.15) is 11.0 Å². The summed E-state index contributed by atoms with van der Waals surface area (Å²) in [6, 6.07) is 14.0. The van der Waals surface area contributed by atoms with Gasteiger partial charge in [-0.1, -0.05) is 24.3 Å². The van der Waals surface area contributed by atoms with E-state index in [9.17, 15) is 10.4 Å². The van der Waals surface area contributed by atoms with Crippen molar-refractivity contribution >= 4 is 21.9 Å². The van der Waals surface area contributed by atoms with Gasteiger partial charge in [-0.2, -0.15) is 4.73 Å². The molecule has 0 N–H and O–H groups in total. The predicted octanol–water partition coefficient (Wildman–Crippen LogP) is 1.52. The molecule has 0 atom stereocenters. The standard InChI is InChI=1S/C16H9N4O2/c21-19-10-13(18-12-6-2-4-8-15(12)19)16-17-9-11-5-1-3-7-14(11)20(16)22/h1-9H. The van der Waals surface area contributed by atoms with E-state index >= 15 is 0 Å². The Morgan fingerprint density at radius 3 is 2.50 bits per heavy atom. The fourth-order valence-corrected chi connectivity index (χ4v) is 2.37. The van der Waals surface area contributed by atoms with Crippen molar-refractivity contribution in [1.82, 2.24) is 9.97 Å². The number of aromatic nitrogens is 4. The van der Waals surface area contributed by atoms with Crippen LogP contribution < -0.4 is 9.46 Å². The van der Waals surface area contributed by atoms with Crippen molar-refractivity contribution in [3.63, 3.8) is 0 Å². The highest BCUT2D eigenvalue weighted by Gasteiger charge is 2.21. The minimum Gasteiger partial charge on any atom is -0.710 e. The van der Waals surface area contributed by atoms with E-state index in [2.05, 4.69) is 16.2 Å². The first-order valence-corrected chi connectivity index (χ1v) is 6.63. The molecule has 2 aromatic heterocycles. The van der Waals surface area contributed by atoms with Crippen LogP contribution in [0.1, 0.15) is 0 Å². The molecule has 2 heterocycles. The number of fused-ring (bicyclic) bond motifs is 2. The predicted molar refractivity (Wildman–Crippen MR) is 79.2 cm³/mol. The van der Waals surface area contributed by atoms with Gasteiger partial charge < -0.3 is 10.4 Å². The zero-order chi connectivity index (χ0) is 15.1. The normalized spacial score (nSPS) is 11.1. The van der Waals surface area contributed by atoms with Gasteiger partial charge in [0.25, 0.3) is 0 Å². The van der Waals surface area contributed by atoms with Crippen LogP contribution in [0.15, 0.2) is 54.7 Å². The van der Waals surface area contributed by atoms with Gasteiger partial charge in [-0.15, -0.1) is 0 Å². The van der Waals surface area contributed by atoms with Crippen LogP contribution in [0.5, 0.6) is 0 Å². The van der Waals surface area contributed by atoms with E-state index in [-0.39, 0.29) is 11.5 Å². The summed E-state index contributed by atoms with van der Waals surface area (Å²) in [5.74, 6) is 0.0500. The molecule has 0 aliphatic heterocycles. The highest BCUT2D eigenvalue weighted by atomic mass is 16.5. The SMILES string of the molecule is [O-][n+]1[c]c(-c2ncc3ccccc3[n+]2[O-])nc2ccccc21. The third kappa shape index (κ3) is 1.81. The Morgan fingerprint density at radius 1 is 0.909 bits per heavy atom. The topological polar surface area (TPSA) is 79.7 Å². The van der Waals surface area contributed by atoms with Crippen molar-refractivity contribution < 1.29 is 9.46 Å². The van der Waals surface area contributed by atoms with E-state index in [1.807, 2.05) is 6.07 Å². The third-order valence-corrected chi connectivity index (χ3v) is 3.43. The highest BCUT2D eigenvalue weighted by Crippen LogP contribution is 2.15. The second kappa shape index (κ2) is 4.63. The van der Waals surface area contributed by atoms with Crippen molar-refractivity contribution in [2.45, 2.75) is 0 Å². The summed E-state index contributed by atoms with van der Waals surface area (Å²) >= 11 is 0. The Morgan fingerprint density at radius 2 is 1.64 bits per heavy atom. The summed E-state index contributed by atoms with van der Waals surface area (Å²) in [6.45, 7) is 0. The molecule has 2 aromatic carbocycles. The first kappa shape index (κ1) is 12.5. The lowest BCUT2D eigenvalue weighted by atomic mass is 10.2. The molecular formula is C16H9N4O2. The smallest absolute Gasteiger partial charge is 0.359 e. The molecule has 0 aliphatic carbocycles. The van der Waals surface area contributed by atoms with E-state index < -0.39 is 0 Å². The van der Waals surface area contributed by atoms with Crippen LogP contribution in [0, 0.1) is 16.6 Å². The van der Waals surface area contributed by atoms with Crippen LogP contribution in [0.3, 0.4) is 0 Å². The second-order valence-electron chi connectivity index (χ2n) is 4.79. The zero-order valence-corrected chi connectivity index (χ0v) is 11.3. The molecule has 0 unspecified atom stereocenters. The molecule has 0 amide bonds. The van der Waals surface area contributed by atoms with E-state index in [0.717, 1.165) is 5.39 Å². The Hall–Kier alpha value is -3.28. The van der Waals surface area contributed by atoms with Crippen LogP contribution in [-0.4, -0.2) is 9.97 Å². The van der Waals surface area contributed by atoms with E-state index in [1.54, 1.807) is 48.7 Å². The van der Waals surface area contributed by atoms with Crippen molar-refractivity contribution in [3.8, 4) is 11.5 Å². The molecule has 6 nitrogen and oxygen atoms in total. The Bertz CT molecular complexity index is 1020. The summed E-state index contributed by atoms with van der Waals surface area (Å²) in [7, 11) is 0. The van der Waals surface area contributed by atoms with Gasteiger partial charge >= 0.3 is 12.0 Å². The van der Waals surface area contributed by atoms with Crippen LogP contribution >= 0.6 is 0 Å². The molecule has 0 saturated carbocycles. The molecule has 22 heavy (non-hydrogen) atoms. The number of para-hydroxylation sites is 3. The summed E-state index contributed by atoms with van der Waals surface area (Å²) in [5, 5.41) is 25.2. The molecule has 0 fully saturated rings. The van der Waals surface area contributed by atoms with Gasteiger partial charge in [0, 0.05) is 6.07 Å². The maximum Gasteiger partial charge on any atom is 0.359 e. The van der Waals surface area contributed by atoms with Crippen molar-refractivity contribution in [1.29, 1.82) is 0 Å². The lowest BCUT2D eigenvalue weighted by Crippen LogP contribution is -2.34. The Kier molecular flexibility index (Phi) is 2.62. The van der Waals surface area contributed by atoms with E-state index in [1.165, 1.54) is 0 Å².